The number of benzene rings is 4. The highest BCUT2D eigenvalue weighted by molar-refractivity contribution is 7.92. The molecule has 4 aromatic carbocycles. The highest BCUT2D eigenvalue weighted by atomic mass is 35.5. The predicted molar refractivity (Wildman–Crippen MR) is 181 cm³/mol. The van der Waals surface area contributed by atoms with E-state index in [0.29, 0.717) is 17.1 Å². The molecule has 1 unspecified atom stereocenters. The topological polar surface area (TPSA) is 86.8 Å². The zero-order chi connectivity index (χ0) is 33.4. The minimum Gasteiger partial charge on any atom is -0.354 e. The molecule has 242 valence electrons. The van der Waals surface area contributed by atoms with Crippen molar-refractivity contribution in [3.63, 3.8) is 0 Å². The second-order valence-corrected chi connectivity index (χ2v) is 14.1. The Balaban J connectivity index is 1.81. The minimum absolute atomic E-state index is 0.0400. The van der Waals surface area contributed by atoms with E-state index < -0.39 is 34.3 Å². The maximum atomic E-state index is 14.5. The molecule has 2 amide bonds. The molecule has 7 nitrogen and oxygen atoms in total. The van der Waals surface area contributed by atoms with Crippen LogP contribution in [-0.4, -0.2) is 44.3 Å². The van der Waals surface area contributed by atoms with E-state index in [9.17, 15) is 22.4 Å². The number of rotatable bonds is 13. The van der Waals surface area contributed by atoms with Crippen LogP contribution in [0.3, 0.4) is 0 Å². The van der Waals surface area contributed by atoms with Crippen LogP contribution >= 0.6 is 23.2 Å². The van der Waals surface area contributed by atoms with Gasteiger partial charge >= 0.3 is 0 Å². The maximum absolute atomic E-state index is 14.5. The van der Waals surface area contributed by atoms with Gasteiger partial charge < -0.3 is 10.2 Å². The average Bonchev–Trinajstić information content (AvgIpc) is 3.03. The van der Waals surface area contributed by atoms with Gasteiger partial charge in [-0.1, -0.05) is 91.1 Å². The summed E-state index contributed by atoms with van der Waals surface area (Å²) in [4.78, 5) is 29.6. The summed E-state index contributed by atoms with van der Waals surface area (Å²) in [7, 11) is -4.30. The summed E-state index contributed by atoms with van der Waals surface area (Å²) in [5.74, 6) is -1.45. The highest BCUT2D eigenvalue weighted by Gasteiger charge is 2.34. The first-order valence-corrected chi connectivity index (χ1v) is 16.9. The molecule has 0 fully saturated rings. The molecule has 0 spiro atoms. The van der Waals surface area contributed by atoms with Crippen molar-refractivity contribution in [1.29, 1.82) is 0 Å². The summed E-state index contributed by atoms with van der Waals surface area (Å²) in [5.41, 5.74) is 2.34. The number of nitrogens with zero attached hydrogens (tertiary/aromatic N) is 2. The third kappa shape index (κ3) is 9.09. The van der Waals surface area contributed by atoms with Gasteiger partial charge in [0.05, 0.1) is 20.6 Å². The quantitative estimate of drug-likeness (QED) is 0.164. The molecule has 0 bridgehead atoms. The van der Waals surface area contributed by atoms with Crippen molar-refractivity contribution in [2.75, 3.05) is 17.4 Å². The van der Waals surface area contributed by atoms with Crippen molar-refractivity contribution in [3.05, 3.63) is 130 Å². The molecular weight excluding hydrogens is 648 g/mol. The third-order valence-corrected chi connectivity index (χ3v) is 9.82. The van der Waals surface area contributed by atoms with Crippen LogP contribution in [-0.2, 0) is 32.6 Å². The van der Waals surface area contributed by atoms with Gasteiger partial charge in [-0.3, -0.25) is 13.9 Å². The van der Waals surface area contributed by atoms with E-state index in [1.54, 1.807) is 30.3 Å². The average molecular weight is 685 g/mol. The molecule has 0 aliphatic carbocycles. The number of aryl methyl sites for hydroxylation is 1. The number of nitrogens with one attached hydrogen (secondary N) is 1. The summed E-state index contributed by atoms with van der Waals surface area (Å²) < 4.78 is 43.0. The van der Waals surface area contributed by atoms with Crippen LogP contribution in [0.5, 0.6) is 0 Å². The minimum atomic E-state index is -4.30. The molecule has 0 radical (unpaired) electrons. The van der Waals surface area contributed by atoms with E-state index in [4.69, 9.17) is 23.2 Å². The first-order chi connectivity index (χ1) is 21.8. The Bertz CT molecular complexity index is 1750. The molecule has 46 heavy (non-hydrogen) atoms. The van der Waals surface area contributed by atoms with Gasteiger partial charge in [-0.2, -0.15) is 0 Å². The van der Waals surface area contributed by atoms with Crippen LogP contribution in [0.15, 0.2) is 102 Å². The highest BCUT2D eigenvalue weighted by Crippen LogP contribution is 2.27. The molecule has 4 rings (SSSR count). The lowest BCUT2D eigenvalue weighted by Crippen LogP contribution is -2.53. The Kier molecular flexibility index (Phi) is 11.8. The first-order valence-electron chi connectivity index (χ1n) is 14.7. The van der Waals surface area contributed by atoms with Gasteiger partial charge in [0.2, 0.25) is 11.8 Å². The number of halogens is 3. The zero-order valence-corrected chi connectivity index (χ0v) is 28.1. The molecule has 0 aliphatic rings. The van der Waals surface area contributed by atoms with Crippen molar-refractivity contribution < 1.29 is 22.4 Å². The molecule has 11 heteroatoms. The molecule has 0 aliphatic heterocycles. The van der Waals surface area contributed by atoms with Crippen molar-refractivity contribution in [2.24, 2.45) is 5.92 Å². The van der Waals surface area contributed by atoms with Gasteiger partial charge in [-0.15, -0.1) is 0 Å². The number of carbonyl (C=O) groups is 2. The largest absolute Gasteiger partial charge is 0.354 e. The number of hydrogen-bond acceptors (Lipinski definition) is 4. The standard InChI is InChI=1S/C35H36Cl2FN3O4S/c1-24(2)21-39-35(43)33(20-26-7-5-4-6-8-26)40(22-27-11-18-31(36)32(37)19-27)34(42)23-41(29-14-12-28(38)13-15-29)46(44,45)30-16-9-25(3)10-17-30/h4-19,24,33H,20-23H2,1-3H3,(H,39,43). The van der Waals surface area contributed by atoms with Gasteiger partial charge in [0.1, 0.15) is 18.4 Å². The molecule has 1 atom stereocenters. The monoisotopic (exact) mass is 683 g/mol. The summed E-state index contributed by atoms with van der Waals surface area (Å²) in [5, 5.41) is 3.54. The van der Waals surface area contributed by atoms with Crippen LogP contribution in [0, 0.1) is 18.7 Å². The number of anilines is 1. The van der Waals surface area contributed by atoms with Crippen LogP contribution in [0.2, 0.25) is 10.0 Å². The Morgan fingerprint density at radius 2 is 1.50 bits per heavy atom. The lowest BCUT2D eigenvalue weighted by atomic mass is 10.0. The smallest absolute Gasteiger partial charge is 0.264 e. The van der Waals surface area contributed by atoms with E-state index in [1.165, 1.54) is 29.2 Å². The van der Waals surface area contributed by atoms with Gasteiger partial charge in [-0.05, 0) is 72.5 Å². The predicted octanol–water partition coefficient (Wildman–Crippen LogP) is 7.05. The van der Waals surface area contributed by atoms with E-state index >= 15 is 0 Å². The molecule has 0 aromatic heterocycles. The van der Waals surface area contributed by atoms with Crippen LogP contribution < -0.4 is 9.62 Å². The van der Waals surface area contributed by atoms with Crippen molar-refractivity contribution >= 4 is 50.7 Å². The summed E-state index contributed by atoms with van der Waals surface area (Å²) in [6.45, 7) is 5.40. The number of hydrogen-bond donors (Lipinski definition) is 1. The van der Waals surface area contributed by atoms with Crippen molar-refractivity contribution in [2.45, 2.75) is 44.7 Å². The fourth-order valence-corrected chi connectivity index (χ4v) is 6.52. The van der Waals surface area contributed by atoms with Gasteiger partial charge in [0.15, 0.2) is 0 Å². The third-order valence-electron chi connectivity index (χ3n) is 7.30. The summed E-state index contributed by atoms with van der Waals surface area (Å²) in [6, 6.07) is 24.2. The summed E-state index contributed by atoms with van der Waals surface area (Å²) in [6.07, 6.45) is 0.166. The SMILES string of the molecule is Cc1ccc(S(=O)(=O)N(CC(=O)N(Cc2ccc(Cl)c(Cl)c2)C(Cc2ccccc2)C(=O)NCC(C)C)c2ccc(F)cc2)cc1. The Morgan fingerprint density at radius 3 is 2.11 bits per heavy atom. The summed E-state index contributed by atoms with van der Waals surface area (Å²) >= 11 is 12.5. The van der Waals surface area contributed by atoms with E-state index in [2.05, 4.69) is 5.32 Å². The van der Waals surface area contributed by atoms with E-state index in [0.717, 1.165) is 27.6 Å². The molecule has 1 N–H and O–H groups in total. The molecule has 0 saturated heterocycles. The van der Waals surface area contributed by atoms with Crippen molar-refractivity contribution in [3.8, 4) is 0 Å². The van der Waals surface area contributed by atoms with Crippen LogP contribution in [0.4, 0.5) is 10.1 Å². The maximum Gasteiger partial charge on any atom is 0.264 e. The zero-order valence-electron chi connectivity index (χ0n) is 25.8. The Labute approximate surface area is 280 Å². The number of carbonyl (C=O) groups excluding carboxylic acids is 2. The second-order valence-electron chi connectivity index (χ2n) is 11.4. The van der Waals surface area contributed by atoms with Gasteiger partial charge in [-0.25, -0.2) is 12.8 Å². The van der Waals surface area contributed by atoms with E-state index in [1.807, 2.05) is 51.1 Å². The lowest BCUT2D eigenvalue weighted by Gasteiger charge is -2.34. The molecule has 0 saturated carbocycles. The number of amides is 2. The Morgan fingerprint density at radius 1 is 0.848 bits per heavy atom. The fourth-order valence-electron chi connectivity index (χ4n) is 4.78. The van der Waals surface area contributed by atoms with Crippen LogP contribution in [0.1, 0.15) is 30.5 Å². The molecular formula is C35H36Cl2FN3O4S. The Hall–Kier alpha value is -3.92. The lowest BCUT2D eigenvalue weighted by molar-refractivity contribution is -0.140. The van der Waals surface area contributed by atoms with Gasteiger partial charge in [0, 0.05) is 19.5 Å². The number of sulfonamides is 1. The first kappa shape index (κ1) is 34.9. The van der Waals surface area contributed by atoms with Crippen LogP contribution in [0.25, 0.3) is 0 Å². The molecule has 4 aromatic rings. The normalized spacial score (nSPS) is 12.1. The van der Waals surface area contributed by atoms with Gasteiger partial charge in [0.25, 0.3) is 10.0 Å². The van der Waals surface area contributed by atoms with E-state index in [-0.39, 0.29) is 40.4 Å². The fraction of sp³-hybridized carbons (Fsp3) is 0.257. The molecule has 0 heterocycles. The second kappa shape index (κ2) is 15.6. The van der Waals surface area contributed by atoms with Crippen molar-refractivity contribution in [1.82, 2.24) is 10.2 Å².